The topological polar surface area (TPSA) is 94.0 Å². The van der Waals surface area contributed by atoms with Crippen molar-refractivity contribution in [2.24, 2.45) is 0 Å². The Morgan fingerprint density at radius 3 is 1.32 bits per heavy atom. The molecule has 0 aliphatic rings. The summed E-state index contributed by atoms with van der Waals surface area (Å²) in [6, 6.07) is 13.6. The first-order chi connectivity index (χ1) is 12.5. The van der Waals surface area contributed by atoms with Gasteiger partial charge in [0.2, 0.25) is 0 Å². The molecule has 0 radical (unpaired) electrons. The number of pyridine rings is 2. The standard InChI is InChI=1S/C18H16N4O4.2HI/c23-21(24)17-12-18(22(25)26)16(14-20-9-5-2-6-10-20)11-15(17)13-19-7-3-1-4-8-19;;/h1-12H,13-14H2;2*1H/q+2;;/p-2. The van der Waals surface area contributed by atoms with E-state index in [2.05, 4.69) is 0 Å². The number of aromatic nitrogens is 2. The van der Waals surface area contributed by atoms with Gasteiger partial charge in [0.1, 0.15) is 0 Å². The van der Waals surface area contributed by atoms with Crippen LogP contribution in [-0.2, 0) is 13.1 Å². The maximum absolute atomic E-state index is 11.4. The van der Waals surface area contributed by atoms with E-state index in [0.29, 0.717) is 11.1 Å². The molecule has 2 aromatic heterocycles. The number of hydrogen-bond acceptors (Lipinski definition) is 4. The van der Waals surface area contributed by atoms with Gasteiger partial charge >= 0.3 is 0 Å². The lowest BCUT2D eigenvalue weighted by atomic mass is 10.1. The molecule has 0 aliphatic heterocycles. The van der Waals surface area contributed by atoms with E-state index in [9.17, 15) is 20.2 Å². The number of rotatable bonds is 6. The highest BCUT2D eigenvalue weighted by atomic mass is 127. The third-order valence-electron chi connectivity index (χ3n) is 3.93. The fourth-order valence-corrected chi connectivity index (χ4v) is 2.74. The largest absolute Gasteiger partial charge is 1.00 e. The van der Waals surface area contributed by atoms with Crippen molar-refractivity contribution in [3.05, 3.63) is 105 Å². The van der Waals surface area contributed by atoms with Crippen molar-refractivity contribution in [1.82, 2.24) is 0 Å². The number of nitro benzene ring substituents is 2. The Bertz CT molecular complexity index is 882. The monoisotopic (exact) mass is 606 g/mol. The molecule has 0 amide bonds. The summed E-state index contributed by atoms with van der Waals surface area (Å²) in [6.07, 6.45) is 7.15. The zero-order valence-corrected chi connectivity index (χ0v) is 18.8. The van der Waals surface area contributed by atoms with Crippen LogP contribution in [0, 0.1) is 20.2 Å². The van der Waals surface area contributed by atoms with Gasteiger partial charge in [0.15, 0.2) is 37.9 Å². The molecule has 0 spiro atoms. The number of benzene rings is 1. The second-order valence-corrected chi connectivity index (χ2v) is 5.72. The van der Waals surface area contributed by atoms with E-state index in [0.717, 1.165) is 6.07 Å². The summed E-state index contributed by atoms with van der Waals surface area (Å²) in [4.78, 5) is 21.7. The van der Waals surface area contributed by atoms with Crippen LogP contribution in [0.3, 0.4) is 0 Å². The third-order valence-corrected chi connectivity index (χ3v) is 3.93. The zero-order valence-electron chi connectivity index (χ0n) is 14.5. The fraction of sp³-hybridized carbons (Fsp3) is 0.111. The van der Waals surface area contributed by atoms with Crippen molar-refractivity contribution in [1.29, 1.82) is 0 Å². The summed E-state index contributed by atoms with van der Waals surface area (Å²) in [6.45, 7) is 0.503. The summed E-state index contributed by atoms with van der Waals surface area (Å²) < 4.78 is 3.57. The van der Waals surface area contributed by atoms with Gasteiger partial charge in [-0.25, -0.2) is 9.13 Å². The number of halogens is 2. The summed E-state index contributed by atoms with van der Waals surface area (Å²) in [5, 5.41) is 22.8. The molecule has 0 fully saturated rings. The molecule has 146 valence electrons. The van der Waals surface area contributed by atoms with Gasteiger partial charge in [-0.2, -0.15) is 0 Å². The Morgan fingerprint density at radius 1 is 0.643 bits per heavy atom. The van der Waals surface area contributed by atoms with Gasteiger partial charge in [-0.3, -0.25) is 20.2 Å². The smallest absolute Gasteiger partial charge is 0.285 e. The Kier molecular flexibility index (Phi) is 9.31. The molecule has 3 rings (SSSR count). The highest BCUT2D eigenvalue weighted by Gasteiger charge is 2.27. The normalized spacial score (nSPS) is 9.71. The van der Waals surface area contributed by atoms with Crippen molar-refractivity contribution in [3.8, 4) is 0 Å². The first-order valence-corrected chi connectivity index (χ1v) is 7.87. The zero-order chi connectivity index (χ0) is 18.5. The molecule has 0 saturated heterocycles. The molecule has 10 heteroatoms. The Balaban J connectivity index is 0.00000196. The van der Waals surface area contributed by atoms with E-state index in [1.165, 1.54) is 0 Å². The van der Waals surface area contributed by atoms with Crippen LogP contribution in [0.1, 0.15) is 11.1 Å². The highest BCUT2D eigenvalue weighted by Crippen LogP contribution is 2.29. The lowest BCUT2D eigenvalue weighted by molar-refractivity contribution is -0.689. The van der Waals surface area contributed by atoms with Gasteiger partial charge < -0.3 is 48.0 Å². The van der Waals surface area contributed by atoms with Crippen molar-refractivity contribution in [2.45, 2.75) is 13.1 Å². The first-order valence-electron chi connectivity index (χ1n) is 7.87. The van der Waals surface area contributed by atoms with Crippen LogP contribution < -0.4 is 57.1 Å². The summed E-state index contributed by atoms with van der Waals surface area (Å²) >= 11 is 0. The van der Waals surface area contributed by atoms with Crippen LogP contribution >= 0.6 is 0 Å². The minimum Gasteiger partial charge on any atom is -1.00 e. The Hall–Kier alpha value is -2.22. The molecular formula is C18H16I2N4O4. The molecule has 3 aromatic rings. The average Bonchev–Trinajstić information content (AvgIpc) is 2.63. The van der Waals surface area contributed by atoms with Crippen LogP contribution in [-0.4, -0.2) is 9.85 Å². The minimum atomic E-state index is -0.578. The molecule has 0 bridgehead atoms. The van der Waals surface area contributed by atoms with Crippen LogP contribution in [0.4, 0.5) is 11.4 Å². The second kappa shape index (κ2) is 10.9. The average molecular weight is 606 g/mol. The Labute approximate surface area is 195 Å². The number of hydrogen-bond donors (Lipinski definition) is 0. The summed E-state index contributed by atoms with van der Waals surface area (Å²) in [5.41, 5.74) is 0.330. The molecule has 8 nitrogen and oxygen atoms in total. The minimum absolute atomic E-state index is 0. The van der Waals surface area contributed by atoms with Gasteiger partial charge in [-0.05, 0) is 6.07 Å². The molecule has 0 unspecified atom stereocenters. The predicted octanol–water partition coefficient (Wildman–Crippen LogP) is -3.82. The Morgan fingerprint density at radius 2 is 1.00 bits per heavy atom. The summed E-state index contributed by atoms with van der Waals surface area (Å²) in [5.74, 6) is 0. The third kappa shape index (κ3) is 5.89. The SMILES string of the molecule is O=[N+]([O-])c1cc([N+](=O)[O-])c(C[n+]2ccccc2)cc1C[n+]1ccccc1.[I-].[I-]. The van der Waals surface area contributed by atoms with Crippen LogP contribution in [0.5, 0.6) is 0 Å². The maximum Gasteiger partial charge on any atom is 0.285 e. The fourth-order valence-electron chi connectivity index (χ4n) is 2.74. The molecule has 0 N–H and O–H groups in total. The van der Waals surface area contributed by atoms with Gasteiger partial charge in [0, 0.05) is 24.3 Å². The van der Waals surface area contributed by atoms with E-state index in [1.807, 2.05) is 36.4 Å². The predicted molar refractivity (Wildman–Crippen MR) is 91.2 cm³/mol. The van der Waals surface area contributed by atoms with E-state index >= 15 is 0 Å². The number of nitro groups is 2. The first kappa shape index (κ1) is 23.8. The lowest BCUT2D eigenvalue weighted by Gasteiger charge is -2.05. The molecule has 1 aromatic carbocycles. The van der Waals surface area contributed by atoms with Crippen molar-refractivity contribution in [2.75, 3.05) is 0 Å². The van der Waals surface area contributed by atoms with Gasteiger partial charge in [0.05, 0.1) is 27.0 Å². The van der Waals surface area contributed by atoms with Crippen LogP contribution in [0.25, 0.3) is 0 Å². The van der Waals surface area contributed by atoms with Gasteiger partial charge in [0.25, 0.3) is 11.4 Å². The van der Waals surface area contributed by atoms with Gasteiger partial charge in [-0.15, -0.1) is 0 Å². The molecular weight excluding hydrogens is 590 g/mol. The molecule has 2 heterocycles. The second-order valence-electron chi connectivity index (χ2n) is 5.72. The lowest BCUT2D eigenvalue weighted by Crippen LogP contribution is -3.00. The number of nitrogens with zero attached hydrogens (tertiary/aromatic N) is 4. The van der Waals surface area contributed by atoms with E-state index in [-0.39, 0.29) is 72.4 Å². The van der Waals surface area contributed by atoms with E-state index < -0.39 is 9.85 Å². The molecule has 0 saturated carbocycles. The quantitative estimate of drug-likeness (QED) is 0.125. The summed E-state index contributed by atoms with van der Waals surface area (Å²) in [7, 11) is 0. The maximum atomic E-state index is 11.4. The van der Waals surface area contributed by atoms with Crippen molar-refractivity contribution < 1.29 is 66.9 Å². The highest BCUT2D eigenvalue weighted by molar-refractivity contribution is 5.54. The van der Waals surface area contributed by atoms with Crippen molar-refractivity contribution in [3.63, 3.8) is 0 Å². The molecule has 0 atom stereocenters. The van der Waals surface area contributed by atoms with E-state index in [4.69, 9.17) is 0 Å². The van der Waals surface area contributed by atoms with Crippen molar-refractivity contribution >= 4 is 11.4 Å². The van der Waals surface area contributed by atoms with E-state index in [1.54, 1.807) is 40.0 Å². The molecule has 28 heavy (non-hydrogen) atoms. The van der Waals surface area contributed by atoms with Crippen LogP contribution in [0.2, 0.25) is 0 Å². The van der Waals surface area contributed by atoms with Crippen LogP contribution in [0.15, 0.2) is 73.3 Å². The molecule has 0 aliphatic carbocycles. The van der Waals surface area contributed by atoms with Gasteiger partial charge in [-0.1, -0.05) is 12.1 Å².